The molecule has 0 saturated heterocycles. The Bertz CT molecular complexity index is 667. The molecule has 0 aliphatic carbocycles. The van der Waals surface area contributed by atoms with Crippen molar-refractivity contribution in [3.8, 4) is 0 Å². The van der Waals surface area contributed by atoms with Gasteiger partial charge in [0, 0.05) is 11.6 Å². The summed E-state index contributed by atoms with van der Waals surface area (Å²) in [5.74, 6) is -0.888. The molecule has 0 aliphatic rings. The zero-order chi connectivity index (χ0) is 24.0. The fourth-order valence-electron chi connectivity index (χ4n) is 3.26. The summed E-state index contributed by atoms with van der Waals surface area (Å²) < 4.78 is 14.5. The lowest BCUT2D eigenvalue weighted by atomic mass is 10.1. The van der Waals surface area contributed by atoms with Crippen molar-refractivity contribution in [1.82, 2.24) is 4.37 Å². The molecule has 1 aromatic heterocycles. The van der Waals surface area contributed by atoms with Crippen molar-refractivity contribution < 1.29 is 19.1 Å². The number of unbranched alkanes of at least 4 members (excludes halogenated alkanes) is 10. The lowest BCUT2D eigenvalue weighted by molar-refractivity contribution is 0.0450. The second-order valence-electron chi connectivity index (χ2n) is 8.04. The Kier molecular flexibility index (Phi) is 17.8. The standard InChI is InChI=1S/C24H38O4.C3H3NS/c1-3-5-7-9-11-15-19-27-23(25)21-17-13-14-18-22(21)24(26)28-20-16-12-10-8-6-4-2;1-2-4-5-3-1/h13-14,17-18H,3-12,15-16,19-20H2,1-2H3;1-3H. The van der Waals surface area contributed by atoms with Gasteiger partial charge < -0.3 is 9.47 Å². The van der Waals surface area contributed by atoms with Crippen LogP contribution in [0.2, 0.25) is 0 Å². The molecule has 33 heavy (non-hydrogen) atoms. The molecule has 0 radical (unpaired) electrons. The Balaban J connectivity index is 0.000000953. The molecule has 0 spiro atoms. The second-order valence-corrected chi connectivity index (χ2v) is 8.74. The molecule has 5 nitrogen and oxygen atoms in total. The van der Waals surface area contributed by atoms with Gasteiger partial charge in [0.1, 0.15) is 0 Å². The molecule has 0 aliphatic heterocycles. The minimum atomic E-state index is -0.444. The van der Waals surface area contributed by atoms with E-state index in [9.17, 15) is 9.59 Å². The van der Waals surface area contributed by atoms with Gasteiger partial charge in [0.25, 0.3) is 0 Å². The molecule has 184 valence electrons. The summed E-state index contributed by atoms with van der Waals surface area (Å²) >= 11 is 1.46. The Morgan fingerprint density at radius 2 is 1.15 bits per heavy atom. The van der Waals surface area contributed by atoms with Gasteiger partial charge in [-0.05, 0) is 42.6 Å². The normalized spacial score (nSPS) is 10.2. The van der Waals surface area contributed by atoms with Gasteiger partial charge in [0.15, 0.2) is 0 Å². The number of benzene rings is 1. The van der Waals surface area contributed by atoms with Gasteiger partial charge in [-0.3, -0.25) is 0 Å². The fraction of sp³-hybridized carbons (Fsp3) is 0.593. The van der Waals surface area contributed by atoms with Gasteiger partial charge >= 0.3 is 11.9 Å². The topological polar surface area (TPSA) is 65.5 Å². The molecule has 2 rings (SSSR count). The summed E-state index contributed by atoms with van der Waals surface area (Å²) in [5, 5.41) is 1.93. The van der Waals surface area contributed by atoms with E-state index >= 15 is 0 Å². The van der Waals surface area contributed by atoms with Gasteiger partial charge in [0.05, 0.1) is 24.3 Å². The number of ether oxygens (including phenoxy) is 2. The van der Waals surface area contributed by atoms with Crippen LogP contribution in [-0.2, 0) is 9.47 Å². The number of aromatic nitrogens is 1. The molecular weight excluding hydrogens is 434 g/mol. The molecule has 0 fully saturated rings. The Labute approximate surface area is 204 Å². The van der Waals surface area contributed by atoms with Crippen LogP contribution >= 0.6 is 11.5 Å². The largest absolute Gasteiger partial charge is 0.462 e. The van der Waals surface area contributed by atoms with Crippen LogP contribution in [0.4, 0.5) is 0 Å². The Morgan fingerprint density at radius 1 is 0.697 bits per heavy atom. The molecule has 2 aromatic rings. The lowest BCUT2D eigenvalue weighted by Gasteiger charge is -2.10. The molecule has 1 aromatic carbocycles. The summed E-state index contributed by atoms with van der Waals surface area (Å²) in [7, 11) is 0. The molecular formula is C27H41NO4S. The number of carbonyl (C=O) groups excluding carboxylic acids is 2. The van der Waals surface area contributed by atoms with E-state index < -0.39 is 11.9 Å². The van der Waals surface area contributed by atoms with Gasteiger partial charge in [-0.2, -0.15) is 0 Å². The van der Waals surface area contributed by atoms with Crippen LogP contribution in [0.5, 0.6) is 0 Å². The van der Waals surface area contributed by atoms with Crippen LogP contribution in [0.25, 0.3) is 0 Å². The van der Waals surface area contributed by atoms with E-state index in [1.165, 1.54) is 62.9 Å². The third kappa shape index (κ3) is 14.5. The first kappa shape index (κ1) is 28.8. The third-order valence-corrected chi connectivity index (χ3v) is 5.70. The number of hydrogen-bond donors (Lipinski definition) is 0. The highest BCUT2D eigenvalue weighted by Gasteiger charge is 2.18. The van der Waals surface area contributed by atoms with Gasteiger partial charge in [0.2, 0.25) is 0 Å². The molecule has 0 amide bonds. The monoisotopic (exact) mass is 475 g/mol. The van der Waals surface area contributed by atoms with Crippen molar-refractivity contribution in [1.29, 1.82) is 0 Å². The number of esters is 2. The molecule has 1 heterocycles. The van der Waals surface area contributed by atoms with Gasteiger partial charge in [-0.25, -0.2) is 14.0 Å². The van der Waals surface area contributed by atoms with Gasteiger partial charge in [-0.1, -0.05) is 90.2 Å². The highest BCUT2D eigenvalue weighted by Crippen LogP contribution is 2.14. The third-order valence-electron chi connectivity index (χ3n) is 5.18. The Hall–Kier alpha value is -2.21. The van der Waals surface area contributed by atoms with Crippen molar-refractivity contribution >= 4 is 23.5 Å². The molecule has 0 N–H and O–H groups in total. The Morgan fingerprint density at radius 3 is 1.52 bits per heavy atom. The predicted molar refractivity (Wildman–Crippen MR) is 136 cm³/mol. The van der Waals surface area contributed by atoms with E-state index in [0.717, 1.165) is 25.7 Å². The molecule has 0 bridgehead atoms. The molecule has 0 atom stereocenters. The average Bonchev–Trinajstić information content (AvgIpc) is 3.43. The van der Waals surface area contributed by atoms with Gasteiger partial charge in [-0.15, -0.1) is 0 Å². The van der Waals surface area contributed by atoms with E-state index in [2.05, 4.69) is 18.2 Å². The van der Waals surface area contributed by atoms with E-state index in [0.29, 0.717) is 24.3 Å². The number of hydrogen-bond acceptors (Lipinski definition) is 6. The van der Waals surface area contributed by atoms with E-state index in [4.69, 9.17) is 9.47 Å². The number of rotatable bonds is 16. The average molecular weight is 476 g/mol. The zero-order valence-electron chi connectivity index (χ0n) is 20.4. The van der Waals surface area contributed by atoms with Crippen molar-refractivity contribution in [3.05, 3.63) is 53.0 Å². The van der Waals surface area contributed by atoms with E-state index in [1.54, 1.807) is 30.5 Å². The molecule has 6 heteroatoms. The number of carbonyl (C=O) groups is 2. The quantitative estimate of drug-likeness (QED) is 0.183. The molecule has 0 unspecified atom stereocenters. The predicted octanol–water partition coefficient (Wildman–Crippen LogP) is 7.86. The first-order valence-electron chi connectivity index (χ1n) is 12.5. The first-order valence-corrected chi connectivity index (χ1v) is 13.3. The maximum atomic E-state index is 12.4. The highest BCUT2D eigenvalue weighted by atomic mass is 32.1. The van der Waals surface area contributed by atoms with E-state index in [-0.39, 0.29) is 0 Å². The lowest BCUT2D eigenvalue weighted by Crippen LogP contribution is -2.15. The van der Waals surface area contributed by atoms with Crippen LogP contribution in [0.1, 0.15) is 112 Å². The molecule has 0 saturated carbocycles. The van der Waals surface area contributed by atoms with Crippen LogP contribution in [-0.4, -0.2) is 29.5 Å². The summed E-state index contributed by atoms with van der Waals surface area (Å²) in [6.45, 7) is 5.17. The van der Waals surface area contributed by atoms with Crippen LogP contribution in [0.3, 0.4) is 0 Å². The SMILES string of the molecule is CCCCCCCCOC(=O)c1ccccc1C(=O)OCCCCCCCC.c1cnsc1. The second kappa shape index (κ2) is 20.4. The summed E-state index contributed by atoms with van der Waals surface area (Å²) in [6, 6.07) is 8.65. The highest BCUT2D eigenvalue weighted by molar-refractivity contribution is 7.03. The summed E-state index contributed by atoms with van der Waals surface area (Å²) in [5.41, 5.74) is 0.586. The minimum Gasteiger partial charge on any atom is -0.462 e. The zero-order valence-corrected chi connectivity index (χ0v) is 21.2. The van der Waals surface area contributed by atoms with Crippen molar-refractivity contribution in [3.63, 3.8) is 0 Å². The van der Waals surface area contributed by atoms with Crippen molar-refractivity contribution in [2.24, 2.45) is 0 Å². The first-order chi connectivity index (χ1) is 16.2. The maximum Gasteiger partial charge on any atom is 0.339 e. The minimum absolute atomic E-state index is 0.293. The van der Waals surface area contributed by atoms with Crippen LogP contribution < -0.4 is 0 Å². The maximum absolute atomic E-state index is 12.4. The summed E-state index contributed by atoms with van der Waals surface area (Å²) in [6.07, 6.45) is 15.4. The van der Waals surface area contributed by atoms with Crippen molar-refractivity contribution in [2.45, 2.75) is 90.9 Å². The van der Waals surface area contributed by atoms with E-state index in [1.807, 2.05) is 11.4 Å². The van der Waals surface area contributed by atoms with Crippen LogP contribution in [0, 0.1) is 0 Å². The smallest absolute Gasteiger partial charge is 0.339 e. The number of nitrogens with zero attached hydrogens (tertiary/aromatic N) is 1. The fourth-order valence-corrected chi connectivity index (χ4v) is 3.62. The van der Waals surface area contributed by atoms with Crippen molar-refractivity contribution in [2.75, 3.05) is 13.2 Å². The van der Waals surface area contributed by atoms with Crippen LogP contribution in [0.15, 0.2) is 41.9 Å². The summed E-state index contributed by atoms with van der Waals surface area (Å²) in [4.78, 5) is 24.7.